The van der Waals surface area contributed by atoms with E-state index in [-0.39, 0.29) is 12.5 Å². The molecule has 1 atom stereocenters. The van der Waals surface area contributed by atoms with Gasteiger partial charge in [0.05, 0.1) is 6.54 Å². The number of amides is 2. The number of hydrogen-bond donors (Lipinski definition) is 2. The van der Waals surface area contributed by atoms with Gasteiger partial charge in [0.2, 0.25) is 5.91 Å². The number of hydrogen-bond acceptors (Lipinski definition) is 5. The molecule has 0 saturated heterocycles. The van der Waals surface area contributed by atoms with Crippen LogP contribution in [0, 0.1) is 6.92 Å². The van der Waals surface area contributed by atoms with Gasteiger partial charge >= 0.3 is 5.97 Å². The van der Waals surface area contributed by atoms with Gasteiger partial charge in [-0.05, 0) is 31.5 Å². The van der Waals surface area contributed by atoms with Gasteiger partial charge in [0, 0.05) is 7.05 Å². The normalized spacial score (nSPS) is 11.2. The highest BCUT2D eigenvalue weighted by atomic mass is 16.6. The molecule has 0 aliphatic rings. The number of nitrogens with one attached hydrogen (secondary N) is 2. The molecule has 1 aromatic rings. The molecular formula is C15H20N2O5. The van der Waals surface area contributed by atoms with Gasteiger partial charge in [0.15, 0.2) is 12.7 Å². The number of ether oxygens (including phenoxy) is 2. The fourth-order valence-electron chi connectivity index (χ4n) is 1.51. The van der Waals surface area contributed by atoms with E-state index in [1.165, 1.54) is 14.0 Å². The van der Waals surface area contributed by atoms with E-state index in [9.17, 15) is 14.4 Å². The first-order valence-corrected chi connectivity index (χ1v) is 6.79. The van der Waals surface area contributed by atoms with Crippen molar-refractivity contribution in [3.8, 4) is 5.75 Å². The minimum Gasteiger partial charge on any atom is -0.479 e. The van der Waals surface area contributed by atoms with Gasteiger partial charge in [-0.3, -0.25) is 9.59 Å². The van der Waals surface area contributed by atoms with E-state index >= 15 is 0 Å². The zero-order valence-corrected chi connectivity index (χ0v) is 12.8. The Balaban J connectivity index is 2.35. The predicted octanol–water partition coefficient (Wildman–Crippen LogP) is 0.168. The highest BCUT2D eigenvalue weighted by Crippen LogP contribution is 2.14. The Morgan fingerprint density at radius 1 is 1.23 bits per heavy atom. The summed E-state index contributed by atoms with van der Waals surface area (Å²) in [6, 6.07) is 7.24. The lowest BCUT2D eigenvalue weighted by atomic mass is 10.2. The first-order valence-electron chi connectivity index (χ1n) is 6.79. The summed E-state index contributed by atoms with van der Waals surface area (Å²) in [6.45, 7) is 2.82. The predicted molar refractivity (Wildman–Crippen MR) is 79.3 cm³/mol. The second-order valence-electron chi connectivity index (χ2n) is 4.63. The van der Waals surface area contributed by atoms with E-state index in [1.54, 1.807) is 12.1 Å². The molecule has 2 N–H and O–H groups in total. The lowest BCUT2D eigenvalue weighted by Crippen LogP contribution is -2.38. The molecule has 1 rings (SSSR count). The molecular weight excluding hydrogens is 288 g/mol. The highest BCUT2D eigenvalue weighted by molar-refractivity contribution is 5.86. The molecule has 2 amide bonds. The molecule has 0 heterocycles. The zero-order chi connectivity index (χ0) is 16.5. The number of esters is 1. The van der Waals surface area contributed by atoms with Gasteiger partial charge in [0.1, 0.15) is 5.75 Å². The quantitative estimate of drug-likeness (QED) is 0.700. The van der Waals surface area contributed by atoms with E-state index in [0.29, 0.717) is 5.75 Å². The number of aryl methyl sites for hydroxylation is 1. The van der Waals surface area contributed by atoms with Gasteiger partial charge < -0.3 is 20.1 Å². The van der Waals surface area contributed by atoms with Crippen LogP contribution in [0.3, 0.4) is 0 Å². The van der Waals surface area contributed by atoms with Gasteiger partial charge in [0.25, 0.3) is 5.91 Å². The maximum Gasteiger partial charge on any atom is 0.347 e. The maximum atomic E-state index is 11.7. The van der Waals surface area contributed by atoms with Gasteiger partial charge in [-0.1, -0.05) is 12.1 Å². The summed E-state index contributed by atoms with van der Waals surface area (Å²) in [6.07, 6.45) is -0.839. The van der Waals surface area contributed by atoms with Crippen molar-refractivity contribution in [2.24, 2.45) is 0 Å². The Morgan fingerprint density at radius 2 is 1.95 bits per heavy atom. The molecule has 0 aliphatic heterocycles. The summed E-state index contributed by atoms with van der Waals surface area (Å²) in [4.78, 5) is 34.0. The van der Waals surface area contributed by atoms with Crippen LogP contribution in [0.1, 0.15) is 12.5 Å². The molecule has 0 unspecified atom stereocenters. The average molecular weight is 308 g/mol. The van der Waals surface area contributed by atoms with E-state index < -0.39 is 24.6 Å². The van der Waals surface area contributed by atoms with Crippen LogP contribution in [0.25, 0.3) is 0 Å². The molecule has 7 heteroatoms. The van der Waals surface area contributed by atoms with Gasteiger partial charge in [-0.25, -0.2) is 4.79 Å². The first kappa shape index (κ1) is 17.5. The summed E-state index contributed by atoms with van der Waals surface area (Å²) < 4.78 is 10.3. The second kappa shape index (κ2) is 8.66. The lowest BCUT2D eigenvalue weighted by molar-refractivity contribution is -0.154. The molecule has 0 radical (unpaired) electrons. The van der Waals surface area contributed by atoms with Crippen molar-refractivity contribution >= 4 is 17.8 Å². The third-order valence-corrected chi connectivity index (χ3v) is 2.70. The highest BCUT2D eigenvalue weighted by Gasteiger charge is 2.18. The third-order valence-electron chi connectivity index (χ3n) is 2.70. The summed E-state index contributed by atoms with van der Waals surface area (Å²) >= 11 is 0. The van der Waals surface area contributed by atoms with E-state index in [0.717, 1.165) is 5.56 Å². The Labute approximate surface area is 129 Å². The van der Waals surface area contributed by atoms with Crippen LogP contribution in [-0.4, -0.2) is 44.1 Å². The van der Waals surface area contributed by atoms with Crippen molar-refractivity contribution in [3.05, 3.63) is 29.8 Å². The third kappa shape index (κ3) is 6.25. The SMILES string of the molecule is CNC(=O)CNC(=O)COC(=O)[C@H](C)Oc1cccc(C)c1. The fourth-order valence-corrected chi connectivity index (χ4v) is 1.51. The summed E-state index contributed by atoms with van der Waals surface area (Å²) in [5, 5.41) is 4.67. The first-order chi connectivity index (χ1) is 10.4. The molecule has 0 spiro atoms. The van der Waals surface area contributed by atoms with Crippen molar-refractivity contribution in [2.45, 2.75) is 20.0 Å². The number of rotatable bonds is 7. The largest absolute Gasteiger partial charge is 0.479 e. The lowest BCUT2D eigenvalue weighted by Gasteiger charge is -2.14. The van der Waals surface area contributed by atoms with Gasteiger partial charge in [-0.15, -0.1) is 0 Å². The van der Waals surface area contributed by atoms with E-state index in [1.807, 2.05) is 19.1 Å². The Kier molecular flexibility index (Phi) is 6.88. The summed E-state index contributed by atoms with van der Waals surface area (Å²) in [5.41, 5.74) is 1.01. The molecule has 1 aromatic carbocycles. The van der Waals surface area contributed by atoms with Crippen LogP contribution in [0.4, 0.5) is 0 Å². The number of likely N-dealkylation sites (N-methyl/N-ethyl adjacent to an activating group) is 1. The molecule has 22 heavy (non-hydrogen) atoms. The maximum absolute atomic E-state index is 11.7. The van der Waals surface area contributed by atoms with Crippen LogP contribution >= 0.6 is 0 Å². The molecule has 120 valence electrons. The Hall–Kier alpha value is -2.57. The van der Waals surface area contributed by atoms with Gasteiger partial charge in [-0.2, -0.15) is 0 Å². The van der Waals surface area contributed by atoms with E-state index in [2.05, 4.69) is 10.6 Å². The molecule has 0 bridgehead atoms. The standard InChI is InChI=1S/C15H20N2O5/c1-10-5-4-6-12(7-10)22-11(2)15(20)21-9-14(19)17-8-13(18)16-3/h4-7,11H,8-9H2,1-3H3,(H,16,18)(H,17,19)/t11-/m0/s1. The smallest absolute Gasteiger partial charge is 0.347 e. The second-order valence-corrected chi connectivity index (χ2v) is 4.63. The minimum atomic E-state index is -0.839. The van der Waals surface area contributed by atoms with Crippen molar-refractivity contribution in [2.75, 3.05) is 20.2 Å². The Bertz CT molecular complexity index is 544. The van der Waals surface area contributed by atoms with Crippen LogP contribution in [0.15, 0.2) is 24.3 Å². The van der Waals surface area contributed by atoms with Crippen LogP contribution < -0.4 is 15.4 Å². The fraction of sp³-hybridized carbons (Fsp3) is 0.400. The monoisotopic (exact) mass is 308 g/mol. The number of carbonyl (C=O) groups is 3. The van der Waals surface area contributed by atoms with Crippen LogP contribution in [-0.2, 0) is 19.1 Å². The molecule has 0 aliphatic carbocycles. The zero-order valence-electron chi connectivity index (χ0n) is 12.8. The molecule has 0 saturated carbocycles. The van der Waals surface area contributed by atoms with Crippen molar-refractivity contribution in [1.29, 1.82) is 0 Å². The summed E-state index contributed by atoms with van der Waals surface area (Å²) in [5.74, 6) is -0.999. The minimum absolute atomic E-state index is 0.164. The van der Waals surface area contributed by atoms with Crippen LogP contribution in [0.5, 0.6) is 5.75 Å². The topological polar surface area (TPSA) is 93.7 Å². The van der Waals surface area contributed by atoms with Crippen LogP contribution in [0.2, 0.25) is 0 Å². The summed E-state index contributed by atoms with van der Waals surface area (Å²) in [7, 11) is 1.46. The van der Waals surface area contributed by atoms with Crippen molar-refractivity contribution < 1.29 is 23.9 Å². The molecule has 7 nitrogen and oxygen atoms in total. The molecule has 0 aromatic heterocycles. The molecule has 0 fully saturated rings. The number of benzene rings is 1. The van der Waals surface area contributed by atoms with Crippen molar-refractivity contribution in [3.63, 3.8) is 0 Å². The average Bonchev–Trinajstić information content (AvgIpc) is 2.50. The number of carbonyl (C=O) groups excluding carboxylic acids is 3. The van der Waals surface area contributed by atoms with Crippen molar-refractivity contribution in [1.82, 2.24) is 10.6 Å². The van der Waals surface area contributed by atoms with E-state index in [4.69, 9.17) is 9.47 Å². The Morgan fingerprint density at radius 3 is 2.59 bits per heavy atom.